The highest BCUT2D eigenvalue weighted by atomic mass is 19.4. The second-order valence-electron chi connectivity index (χ2n) is 13.2. The van der Waals surface area contributed by atoms with E-state index in [0.29, 0.717) is 44.0 Å². The van der Waals surface area contributed by atoms with Crippen molar-refractivity contribution in [2.75, 3.05) is 47.0 Å². The van der Waals surface area contributed by atoms with E-state index in [1.165, 1.54) is 17.7 Å². The zero-order valence-corrected chi connectivity index (χ0v) is 24.3. The van der Waals surface area contributed by atoms with Crippen LogP contribution in [0.3, 0.4) is 0 Å². The molecule has 4 aliphatic heterocycles. The number of nitrogens with zero attached hydrogens (tertiary/aromatic N) is 3. The molecule has 42 heavy (non-hydrogen) atoms. The van der Waals surface area contributed by atoms with Gasteiger partial charge < -0.3 is 19.9 Å². The number of nitrogens with one attached hydrogen (secondary N) is 6. The fourth-order valence-electron chi connectivity index (χ4n) is 8.27. The largest absolute Gasteiger partial charge is 0.405 e. The summed E-state index contributed by atoms with van der Waals surface area (Å²) in [6, 6.07) is -1.34. The molecular weight excluding hydrogens is 561 g/mol. The van der Waals surface area contributed by atoms with Crippen LogP contribution in [0.15, 0.2) is 0 Å². The van der Waals surface area contributed by atoms with E-state index in [1.807, 2.05) is 11.9 Å². The fraction of sp³-hybridized carbons (Fsp3) is 0.963. The van der Waals surface area contributed by atoms with Crippen LogP contribution in [0.25, 0.3) is 0 Å². The molecule has 0 radical (unpaired) electrons. The van der Waals surface area contributed by atoms with Crippen LogP contribution in [0.2, 0.25) is 0 Å². The summed E-state index contributed by atoms with van der Waals surface area (Å²) < 4.78 is 72.5. The molecule has 6 rings (SSSR count). The maximum Gasteiger partial charge on any atom is 0.405 e. The molecule has 0 amide bonds. The first-order valence-electron chi connectivity index (χ1n) is 15.5. The molecule has 2 aliphatic carbocycles. The molecule has 0 aromatic heterocycles. The summed E-state index contributed by atoms with van der Waals surface area (Å²) in [5.74, 6) is 1.45. The molecule has 0 bridgehead atoms. The minimum atomic E-state index is -4.46. The molecule has 240 valence electrons. The Kier molecular flexibility index (Phi) is 8.91. The predicted octanol–water partition coefficient (Wildman–Crippen LogP) is 1.13. The van der Waals surface area contributed by atoms with Gasteiger partial charge in [0.25, 0.3) is 6.43 Å². The van der Waals surface area contributed by atoms with Gasteiger partial charge in [0, 0.05) is 52.4 Å². The minimum absolute atomic E-state index is 0.00419. The van der Waals surface area contributed by atoms with E-state index in [-0.39, 0.29) is 42.4 Å². The van der Waals surface area contributed by atoms with Crippen molar-refractivity contribution in [3.8, 4) is 0 Å². The summed E-state index contributed by atoms with van der Waals surface area (Å²) in [6.45, 7) is 1.05. The lowest BCUT2D eigenvalue weighted by Crippen LogP contribution is -2.73. The summed E-state index contributed by atoms with van der Waals surface area (Å²) in [4.78, 5) is 5.45. The van der Waals surface area contributed by atoms with Gasteiger partial charge >= 0.3 is 6.18 Å². The zero-order chi connectivity index (χ0) is 29.8. The first-order valence-corrected chi connectivity index (χ1v) is 15.5. The summed E-state index contributed by atoms with van der Waals surface area (Å²) in [6.07, 6.45) is -2.59. The topological polar surface area (TPSA) is 103 Å². The Morgan fingerprint density at radius 1 is 0.976 bits per heavy atom. The molecule has 0 spiro atoms. The van der Waals surface area contributed by atoms with E-state index < -0.39 is 37.9 Å². The van der Waals surface area contributed by atoms with Crippen molar-refractivity contribution in [1.82, 2.24) is 41.3 Å². The van der Waals surface area contributed by atoms with Gasteiger partial charge in [-0.3, -0.25) is 31.6 Å². The van der Waals surface area contributed by atoms with Crippen molar-refractivity contribution in [2.45, 2.75) is 94.0 Å². The van der Waals surface area contributed by atoms with Crippen molar-refractivity contribution >= 4 is 5.96 Å². The smallest absolute Gasteiger partial charge is 0.366 e. The molecule has 0 aromatic rings. The highest BCUT2D eigenvalue weighted by Crippen LogP contribution is 2.40. The lowest BCUT2D eigenvalue weighted by atomic mass is 9.80. The van der Waals surface area contributed by atoms with Crippen molar-refractivity contribution in [2.24, 2.45) is 23.7 Å². The Bertz CT molecular complexity index is 949. The van der Waals surface area contributed by atoms with Crippen LogP contribution in [-0.2, 0) is 4.74 Å². The van der Waals surface area contributed by atoms with Crippen LogP contribution in [0, 0.1) is 29.1 Å². The molecule has 15 heteroatoms. The number of guanidine groups is 1. The van der Waals surface area contributed by atoms with Gasteiger partial charge in [-0.05, 0) is 56.3 Å². The molecule has 6 aliphatic rings. The monoisotopic (exact) mass is 607 g/mol. The zero-order valence-electron chi connectivity index (χ0n) is 24.3. The molecule has 10 nitrogen and oxygen atoms in total. The number of halogens is 5. The maximum absolute atomic E-state index is 13.4. The number of hydrogen-bond acceptors (Lipinski definition) is 8. The summed E-state index contributed by atoms with van der Waals surface area (Å²) in [5, 5.41) is 26.2. The number of likely N-dealkylation sites (N-methyl/N-ethyl adjacent to an activating group) is 1. The maximum atomic E-state index is 13.4. The number of ether oxygens (including phenoxy) is 1. The minimum Gasteiger partial charge on any atom is -0.366 e. The van der Waals surface area contributed by atoms with Gasteiger partial charge in [-0.1, -0.05) is 0 Å². The molecule has 8 unspecified atom stereocenters. The van der Waals surface area contributed by atoms with E-state index in [4.69, 9.17) is 10.1 Å². The van der Waals surface area contributed by atoms with Gasteiger partial charge in [-0.15, -0.1) is 0 Å². The highest BCUT2D eigenvalue weighted by Gasteiger charge is 2.53. The van der Waals surface area contributed by atoms with E-state index in [2.05, 4.69) is 31.5 Å². The van der Waals surface area contributed by atoms with Crippen LogP contribution in [-0.4, -0.2) is 123 Å². The Labute approximate surface area is 244 Å². The van der Waals surface area contributed by atoms with Crippen molar-refractivity contribution in [1.29, 1.82) is 5.41 Å². The summed E-state index contributed by atoms with van der Waals surface area (Å²) in [7, 11) is 3.69. The van der Waals surface area contributed by atoms with Gasteiger partial charge in [0.2, 0.25) is 0 Å². The molecule has 8 atom stereocenters. The lowest BCUT2D eigenvalue weighted by molar-refractivity contribution is -0.151. The van der Waals surface area contributed by atoms with E-state index in [0.717, 1.165) is 19.4 Å². The predicted molar refractivity (Wildman–Crippen MR) is 146 cm³/mol. The van der Waals surface area contributed by atoms with Crippen molar-refractivity contribution in [3.05, 3.63) is 0 Å². The molecule has 6 N–H and O–H groups in total. The second-order valence-corrected chi connectivity index (χ2v) is 13.2. The van der Waals surface area contributed by atoms with Gasteiger partial charge in [0.1, 0.15) is 18.4 Å². The van der Waals surface area contributed by atoms with Crippen molar-refractivity contribution < 1.29 is 26.7 Å². The molecule has 6 fully saturated rings. The first kappa shape index (κ1) is 30.7. The third kappa shape index (κ3) is 6.11. The van der Waals surface area contributed by atoms with Crippen LogP contribution in [0.4, 0.5) is 22.0 Å². The van der Waals surface area contributed by atoms with E-state index in [1.54, 1.807) is 7.11 Å². The third-order valence-corrected chi connectivity index (χ3v) is 10.6. The van der Waals surface area contributed by atoms with Crippen LogP contribution in [0.5, 0.6) is 0 Å². The normalized spacial score (nSPS) is 42.0. The number of alkyl halides is 5. The third-order valence-electron chi connectivity index (χ3n) is 10.6. The van der Waals surface area contributed by atoms with Crippen LogP contribution < -0.4 is 26.6 Å². The van der Waals surface area contributed by atoms with E-state index >= 15 is 0 Å². The summed E-state index contributed by atoms with van der Waals surface area (Å²) >= 11 is 0. The van der Waals surface area contributed by atoms with Crippen molar-refractivity contribution in [3.63, 3.8) is 0 Å². The number of hydrogen-bond donors (Lipinski definition) is 6. The van der Waals surface area contributed by atoms with Gasteiger partial charge in [-0.25, -0.2) is 8.78 Å². The average Bonchev–Trinajstić information content (AvgIpc) is 3.68. The molecule has 0 aromatic carbocycles. The number of methoxy groups -OCH3 is 1. The van der Waals surface area contributed by atoms with Crippen LogP contribution >= 0.6 is 0 Å². The first-order chi connectivity index (χ1) is 20.0. The standard InChI is InChI=1S/C27H46F5N9O/c1-39-17-9-34-22(20-21(15-7-8-15)35-13-36-25(20)42-2)38-24(17)41(26(39)33)10-14-3-5-16(6-4-14)23-37-18(27(30,31)32)11-40(23)12-19(28)29/h14-25,33-38H,3-13H2,1-2H3. The SMILES string of the molecule is COC1NCNC(C2CC2)C1C1NCC2C(N1)N(CC1CCC(C3NC(C(F)(F)F)CN3CC(F)F)CC1)C(=N)N2C. The average molecular weight is 608 g/mol. The second kappa shape index (κ2) is 12.2. The summed E-state index contributed by atoms with van der Waals surface area (Å²) in [5.41, 5.74) is 0. The Morgan fingerprint density at radius 3 is 2.33 bits per heavy atom. The molecule has 2 saturated carbocycles. The highest BCUT2D eigenvalue weighted by molar-refractivity contribution is 5.80. The molecule has 4 heterocycles. The fourth-order valence-corrected chi connectivity index (χ4v) is 8.27. The molecule has 4 saturated heterocycles. The Hall–Kier alpha value is -1.36. The van der Waals surface area contributed by atoms with E-state index in [9.17, 15) is 22.0 Å². The van der Waals surface area contributed by atoms with Crippen LogP contribution in [0.1, 0.15) is 38.5 Å². The quantitative estimate of drug-likeness (QED) is 0.227. The van der Waals surface area contributed by atoms with Gasteiger partial charge in [-0.2, -0.15) is 13.2 Å². The number of fused-ring (bicyclic) bond motifs is 1. The van der Waals surface area contributed by atoms with Gasteiger partial charge in [0.15, 0.2) is 5.96 Å². The molecular formula is C27H46F5N9O. The lowest BCUT2D eigenvalue weighted by Gasteiger charge is -2.48. The van der Waals surface area contributed by atoms with Gasteiger partial charge in [0.05, 0.1) is 24.9 Å². The number of rotatable bonds is 8. The Balaban J connectivity index is 1.09. The Morgan fingerprint density at radius 2 is 1.69 bits per heavy atom.